The van der Waals surface area contributed by atoms with E-state index in [1.165, 1.54) is 32.1 Å². The van der Waals surface area contributed by atoms with E-state index in [0.29, 0.717) is 25.6 Å². The zero-order valence-electron chi connectivity index (χ0n) is 16.6. The second-order valence-corrected chi connectivity index (χ2v) is 9.75. The summed E-state index contributed by atoms with van der Waals surface area (Å²) < 4.78 is 6.14. The van der Waals surface area contributed by atoms with Crippen LogP contribution in [0, 0.1) is 11.3 Å². The van der Waals surface area contributed by atoms with Crippen LogP contribution < -0.4 is 5.32 Å². The number of carbonyl (C=O) groups is 2. The lowest BCUT2D eigenvalue weighted by atomic mass is 9.68. The molecule has 0 unspecified atom stereocenters. The third-order valence-electron chi connectivity index (χ3n) is 8.52. The number of urea groups is 1. The van der Waals surface area contributed by atoms with Crippen molar-refractivity contribution in [3.8, 4) is 0 Å². The minimum absolute atomic E-state index is 0.0598. The van der Waals surface area contributed by atoms with Crippen LogP contribution in [0.4, 0.5) is 4.79 Å². The molecule has 6 heteroatoms. The lowest BCUT2D eigenvalue weighted by molar-refractivity contribution is -0.141. The van der Waals surface area contributed by atoms with E-state index in [9.17, 15) is 9.59 Å². The SMILES string of the molecule is CC(=O)N1CCN(C(=O)NC[C@]23C[C@H]2COC32CCC2)CC12CCCCC2. The number of nitrogens with one attached hydrogen (secondary N) is 1. The fourth-order valence-electron chi connectivity index (χ4n) is 6.70. The number of hydrogen-bond donors (Lipinski definition) is 1. The van der Waals surface area contributed by atoms with Gasteiger partial charge in [0.25, 0.3) is 0 Å². The first-order chi connectivity index (χ1) is 13.0. The molecular formula is C21H33N3O3. The number of fused-ring (bicyclic) bond motifs is 2. The molecule has 150 valence electrons. The molecule has 0 aromatic rings. The molecule has 0 bridgehead atoms. The van der Waals surface area contributed by atoms with Gasteiger partial charge in [-0.3, -0.25) is 4.79 Å². The van der Waals surface area contributed by atoms with Crippen LogP contribution in [0.2, 0.25) is 0 Å². The Morgan fingerprint density at radius 1 is 1.07 bits per heavy atom. The van der Waals surface area contributed by atoms with Crippen molar-refractivity contribution in [1.82, 2.24) is 15.1 Å². The van der Waals surface area contributed by atoms with Crippen LogP contribution in [-0.4, -0.2) is 65.7 Å². The Morgan fingerprint density at radius 3 is 2.48 bits per heavy atom. The first-order valence-electron chi connectivity index (χ1n) is 11.0. The minimum atomic E-state index is -0.133. The molecule has 3 saturated carbocycles. The van der Waals surface area contributed by atoms with Gasteiger partial charge in [-0.25, -0.2) is 4.79 Å². The summed E-state index contributed by atoms with van der Waals surface area (Å²) in [5.41, 5.74) is 0.152. The number of hydrogen-bond acceptors (Lipinski definition) is 3. The third kappa shape index (κ3) is 2.55. The summed E-state index contributed by atoms with van der Waals surface area (Å²) in [5, 5.41) is 3.27. The molecule has 3 aliphatic carbocycles. The predicted octanol–water partition coefficient (Wildman–Crippen LogP) is 2.52. The van der Waals surface area contributed by atoms with Crippen molar-refractivity contribution in [2.75, 3.05) is 32.8 Å². The van der Waals surface area contributed by atoms with Gasteiger partial charge in [0.05, 0.1) is 17.7 Å². The minimum Gasteiger partial charge on any atom is -0.374 e. The predicted molar refractivity (Wildman–Crippen MR) is 101 cm³/mol. The van der Waals surface area contributed by atoms with Gasteiger partial charge in [-0.05, 0) is 44.4 Å². The van der Waals surface area contributed by atoms with Gasteiger partial charge in [-0.15, -0.1) is 0 Å². The van der Waals surface area contributed by atoms with Gasteiger partial charge in [0.2, 0.25) is 5.91 Å². The first-order valence-corrected chi connectivity index (χ1v) is 11.0. The second kappa shape index (κ2) is 6.10. The zero-order chi connectivity index (χ0) is 18.7. The lowest BCUT2D eigenvalue weighted by Crippen LogP contribution is -2.66. The van der Waals surface area contributed by atoms with Gasteiger partial charge in [-0.1, -0.05) is 19.3 Å². The summed E-state index contributed by atoms with van der Waals surface area (Å²) in [4.78, 5) is 29.2. The molecule has 0 aromatic heterocycles. The lowest BCUT2D eigenvalue weighted by Gasteiger charge is -2.52. The molecule has 0 aromatic carbocycles. The molecule has 0 radical (unpaired) electrons. The molecule has 27 heavy (non-hydrogen) atoms. The Bertz CT molecular complexity index is 641. The van der Waals surface area contributed by atoms with E-state index in [0.717, 1.165) is 38.8 Å². The number of ether oxygens (including phenoxy) is 1. The monoisotopic (exact) mass is 375 g/mol. The van der Waals surface area contributed by atoms with Gasteiger partial charge in [0.15, 0.2) is 0 Å². The van der Waals surface area contributed by atoms with Crippen molar-refractivity contribution in [2.24, 2.45) is 11.3 Å². The number of nitrogens with zero attached hydrogens (tertiary/aromatic N) is 2. The van der Waals surface area contributed by atoms with Crippen LogP contribution in [0.3, 0.4) is 0 Å². The van der Waals surface area contributed by atoms with Crippen molar-refractivity contribution < 1.29 is 14.3 Å². The molecule has 5 rings (SSSR count). The highest BCUT2D eigenvalue weighted by molar-refractivity contribution is 5.77. The van der Waals surface area contributed by atoms with Gasteiger partial charge in [0, 0.05) is 38.5 Å². The quantitative estimate of drug-likeness (QED) is 0.807. The van der Waals surface area contributed by atoms with Gasteiger partial charge in [0.1, 0.15) is 0 Å². The molecule has 6 nitrogen and oxygen atoms in total. The second-order valence-electron chi connectivity index (χ2n) is 9.75. The van der Waals surface area contributed by atoms with E-state index in [1.54, 1.807) is 6.92 Å². The van der Waals surface area contributed by atoms with Gasteiger partial charge in [-0.2, -0.15) is 0 Å². The summed E-state index contributed by atoms with van der Waals surface area (Å²) in [6, 6.07) is 0.0598. The van der Waals surface area contributed by atoms with Crippen molar-refractivity contribution in [3.05, 3.63) is 0 Å². The fourth-order valence-corrected chi connectivity index (χ4v) is 6.70. The highest BCUT2D eigenvalue weighted by Crippen LogP contribution is 2.70. The maximum atomic E-state index is 13.0. The fraction of sp³-hybridized carbons (Fsp3) is 0.905. The van der Waals surface area contributed by atoms with Crippen LogP contribution in [0.15, 0.2) is 0 Å². The molecule has 2 spiro atoms. The van der Waals surface area contributed by atoms with E-state index in [2.05, 4.69) is 10.2 Å². The number of carbonyl (C=O) groups excluding carboxylic acids is 2. The normalized spacial score (nSPS) is 35.7. The first kappa shape index (κ1) is 17.8. The van der Waals surface area contributed by atoms with Crippen molar-refractivity contribution in [3.63, 3.8) is 0 Å². The van der Waals surface area contributed by atoms with Crippen LogP contribution in [-0.2, 0) is 9.53 Å². The Balaban J connectivity index is 1.24. The molecule has 1 N–H and O–H groups in total. The Kier molecular flexibility index (Phi) is 4.01. The standard InChI is InChI=1S/C21H33N3O3/c1-16(25)24-11-10-23(15-19(24)6-3-2-4-7-19)18(26)22-14-20-12-17(20)13-27-21(20)8-5-9-21/h17H,2-15H2,1H3,(H,22,26)/t17-,20+/m0/s1. The molecule has 2 saturated heterocycles. The molecule has 2 atom stereocenters. The van der Waals surface area contributed by atoms with Crippen molar-refractivity contribution in [1.29, 1.82) is 0 Å². The van der Waals surface area contributed by atoms with Crippen molar-refractivity contribution >= 4 is 11.9 Å². The Hall–Kier alpha value is -1.30. The van der Waals surface area contributed by atoms with Crippen LogP contribution in [0.25, 0.3) is 0 Å². The third-order valence-corrected chi connectivity index (χ3v) is 8.52. The summed E-state index contributed by atoms with van der Waals surface area (Å²) in [7, 11) is 0. The van der Waals surface area contributed by atoms with E-state index in [1.807, 2.05) is 4.90 Å². The molecule has 5 aliphatic rings. The van der Waals surface area contributed by atoms with E-state index >= 15 is 0 Å². The highest BCUT2D eigenvalue weighted by Gasteiger charge is 2.73. The topological polar surface area (TPSA) is 61.9 Å². The number of piperazine rings is 1. The molecule has 3 amide bonds. The molecule has 2 heterocycles. The summed E-state index contributed by atoms with van der Waals surface area (Å²) >= 11 is 0. The average molecular weight is 376 g/mol. The molecule has 2 aliphatic heterocycles. The van der Waals surface area contributed by atoms with Gasteiger partial charge >= 0.3 is 6.03 Å². The Labute approximate surface area is 162 Å². The van der Waals surface area contributed by atoms with Crippen LogP contribution >= 0.6 is 0 Å². The van der Waals surface area contributed by atoms with E-state index in [4.69, 9.17) is 4.74 Å². The van der Waals surface area contributed by atoms with Crippen molar-refractivity contribution in [2.45, 2.75) is 75.9 Å². The maximum Gasteiger partial charge on any atom is 0.317 e. The van der Waals surface area contributed by atoms with Crippen LogP contribution in [0.5, 0.6) is 0 Å². The van der Waals surface area contributed by atoms with E-state index < -0.39 is 0 Å². The number of rotatable bonds is 2. The average Bonchev–Trinajstić information content (AvgIpc) is 3.25. The summed E-state index contributed by atoms with van der Waals surface area (Å²) in [6.07, 6.45) is 10.4. The molecular weight excluding hydrogens is 342 g/mol. The van der Waals surface area contributed by atoms with Gasteiger partial charge < -0.3 is 19.9 Å². The highest BCUT2D eigenvalue weighted by atomic mass is 16.5. The maximum absolute atomic E-state index is 13.0. The Morgan fingerprint density at radius 2 is 1.85 bits per heavy atom. The number of amides is 3. The zero-order valence-corrected chi connectivity index (χ0v) is 16.6. The molecule has 5 fully saturated rings. The largest absolute Gasteiger partial charge is 0.374 e. The van der Waals surface area contributed by atoms with E-state index in [-0.39, 0.29) is 28.5 Å². The summed E-state index contributed by atoms with van der Waals surface area (Å²) in [6.45, 7) is 5.33. The summed E-state index contributed by atoms with van der Waals surface area (Å²) in [5.74, 6) is 0.809. The smallest absolute Gasteiger partial charge is 0.317 e. The van der Waals surface area contributed by atoms with Crippen LogP contribution in [0.1, 0.15) is 64.7 Å².